The molecule has 0 saturated heterocycles. The van der Waals surface area contributed by atoms with Crippen molar-refractivity contribution < 1.29 is 4.79 Å². The van der Waals surface area contributed by atoms with Crippen LogP contribution in [0.3, 0.4) is 0 Å². The molecular weight excluding hydrogens is 160 g/mol. The Morgan fingerprint density at radius 1 is 1.54 bits per heavy atom. The van der Waals surface area contributed by atoms with Crippen molar-refractivity contribution in [3.05, 3.63) is 11.6 Å². The van der Waals surface area contributed by atoms with Crippen molar-refractivity contribution in [2.24, 2.45) is 17.3 Å². The zero-order valence-electron chi connectivity index (χ0n) is 9.35. The lowest BCUT2D eigenvalue weighted by Crippen LogP contribution is -2.38. The van der Waals surface area contributed by atoms with Crippen LogP contribution in [0.25, 0.3) is 0 Å². The molecule has 1 aliphatic carbocycles. The minimum atomic E-state index is 0.130. The highest BCUT2D eigenvalue weighted by Gasteiger charge is 2.39. The summed E-state index contributed by atoms with van der Waals surface area (Å²) >= 11 is 0. The molecule has 0 aromatic carbocycles. The van der Waals surface area contributed by atoms with Crippen LogP contribution < -0.4 is 0 Å². The van der Waals surface area contributed by atoms with E-state index in [9.17, 15) is 4.79 Å². The van der Waals surface area contributed by atoms with Gasteiger partial charge < -0.3 is 0 Å². The number of Topliss-reactive ketones (excluding diaryl/α,β-unsaturated/α-hetero) is 1. The fourth-order valence-electron chi connectivity index (χ4n) is 2.36. The summed E-state index contributed by atoms with van der Waals surface area (Å²) in [4.78, 5) is 11.4. The highest BCUT2D eigenvalue weighted by Crippen LogP contribution is 2.44. The van der Waals surface area contributed by atoms with Gasteiger partial charge in [-0.3, -0.25) is 4.79 Å². The fourth-order valence-corrected chi connectivity index (χ4v) is 2.36. The van der Waals surface area contributed by atoms with Crippen LogP contribution in [0.2, 0.25) is 0 Å². The normalized spacial score (nSPS) is 32.5. The summed E-state index contributed by atoms with van der Waals surface area (Å²) in [6.45, 7) is 10.5. The number of carbonyl (C=O) groups is 1. The molecule has 1 nitrogen and oxygen atoms in total. The Kier molecular flexibility index (Phi) is 2.65. The standard InChI is InChI=1S/C12H20O/c1-8-6-7-11(10(3)13)12(4,5)9(8)2/h6,9,11H,7H2,1-5H3. The molecule has 13 heavy (non-hydrogen) atoms. The van der Waals surface area contributed by atoms with E-state index >= 15 is 0 Å². The van der Waals surface area contributed by atoms with Crippen molar-refractivity contribution in [1.29, 1.82) is 0 Å². The van der Waals surface area contributed by atoms with Gasteiger partial charge in [-0.1, -0.05) is 32.4 Å². The van der Waals surface area contributed by atoms with Gasteiger partial charge in [0.15, 0.2) is 0 Å². The molecule has 0 aromatic rings. The first-order chi connectivity index (χ1) is 5.87. The summed E-state index contributed by atoms with van der Waals surface area (Å²) < 4.78 is 0. The van der Waals surface area contributed by atoms with Gasteiger partial charge in [-0.2, -0.15) is 0 Å². The zero-order chi connectivity index (χ0) is 10.2. The van der Waals surface area contributed by atoms with Crippen LogP contribution in [-0.4, -0.2) is 5.78 Å². The van der Waals surface area contributed by atoms with Crippen molar-refractivity contribution in [3.63, 3.8) is 0 Å². The van der Waals surface area contributed by atoms with Crippen LogP contribution in [0.1, 0.15) is 41.0 Å². The predicted octanol–water partition coefficient (Wildman–Crippen LogP) is 3.20. The highest BCUT2D eigenvalue weighted by atomic mass is 16.1. The molecule has 74 valence electrons. The van der Waals surface area contributed by atoms with Crippen LogP contribution in [0.5, 0.6) is 0 Å². The molecule has 1 aliphatic rings. The number of rotatable bonds is 1. The molecule has 1 rings (SSSR count). The number of ketones is 1. The van der Waals surface area contributed by atoms with Crippen LogP contribution in [-0.2, 0) is 4.79 Å². The SMILES string of the molecule is CC(=O)C1CC=C(C)C(C)C1(C)C. The van der Waals surface area contributed by atoms with E-state index in [4.69, 9.17) is 0 Å². The van der Waals surface area contributed by atoms with E-state index < -0.39 is 0 Å². The monoisotopic (exact) mass is 180 g/mol. The molecule has 0 fully saturated rings. The van der Waals surface area contributed by atoms with Gasteiger partial charge in [-0.15, -0.1) is 0 Å². The molecule has 2 unspecified atom stereocenters. The first-order valence-corrected chi connectivity index (χ1v) is 5.04. The lowest BCUT2D eigenvalue weighted by molar-refractivity contribution is -0.125. The van der Waals surface area contributed by atoms with Gasteiger partial charge in [0.05, 0.1) is 0 Å². The maximum atomic E-state index is 11.4. The molecule has 0 spiro atoms. The van der Waals surface area contributed by atoms with E-state index in [2.05, 4.69) is 33.8 Å². The summed E-state index contributed by atoms with van der Waals surface area (Å²) in [6.07, 6.45) is 3.15. The Morgan fingerprint density at radius 2 is 2.08 bits per heavy atom. The van der Waals surface area contributed by atoms with Crippen LogP contribution in [0, 0.1) is 17.3 Å². The van der Waals surface area contributed by atoms with E-state index in [1.54, 1.807) is 6.92 Å². The summed E-state index contributed by atoms with van der Waals surface area (Å²) in [7, 11) is 0. The van der Waals surface area contributed by atoms with Gasteiger partial charge in [0.25, 0.3) is 0 Å². The van der Waals surface area contributed by atoms with E-state index in [1.807, 2.05) is 0 Å². The summed E-state index contributed by atoms with van der Waals surface area (Å²) in [5, 5.41) is 0. The number of hydrogen-bond donors (Lipinski definition) is 0. The minimum absolute atomic E-state index is 0.130. The predicted molar refractivity (Wildman–Crippen MR) is 55.5 cm³/mol. The first kappa shape index (κ1) is 10.5. The molecule has 0 N–H and O–H groups in total. The van der Waals surface area contributed by atoms with Gasteiger partial charge >= 0.3 is 0 Å². The van der Waals surface area contributed by atoms with E-state index in [1.165, 1.54) is 5.57 Å². The molecule has 0 amide bonds. The van der Waals surface area contributed by atoms with Crippen LogP contribution in [0.15, 0.2) is 11.6 Å². The largest absolute Gasteiger partial charge is 0.300 e. The lowest BCUT2D eigenvalue weighted by atomic mass is 9.62. The second-order valence-electron chi connectivity index (χ2n) is 4.89. The van der Waals surface area contributed by atoms with Gasteiger partial charge in [0, 0.05) is 5.92 Å². The Hall–Kier alpha value is -0.590. The zero-order valence-corrected chi connectivity index (χ0v) is 9.35. The average Bonchev–Trinajstić information content (AvgIpc) is 1.99. The molecule has 0 heterocycles. The van der Waals surface area contributed by atoms with Crippen LogP contribution in [0.4, 0.5) is 0 Å². The Labute approximate surface area is 81.2 Å². The average molecular weight is 180 g/mol. The summed E-state index contributed by atoms with van der Waals surface area (Å²) in [6, 6.07) is 0. The second-order valence-corrected chi connectivity index (χ2v) is 4.89. The third-order valence-corrected chi connectivity index (χ3v) is 3.86. The van der Waals surface area contributed by atoms with Crippen molar-refractivity contribution in [3.8, 4) is 0 Å². The molecule has 1 heteroatoms. The molecule has 0 aliphatic heterocycles. The number of hydrogen-bond acceptors (Lipinski definition) is 1. The van der Waals surface area contributed by atoms with Gasteiger partial charge in [0.1, 0.15) is 5.78 Å². The fraction of sp³-hybridized carbons (Fsp3) is 0.750. The highest BCUT2D eigenvalue weighted by molar-refractivity contribution is 5.79. The summed E-state index contributed by atoms with van der Waals surface area (Å²) in [5.74, 6) is 1.07. The molecule has 0 bridgehead atoms. The van der Waals surface area contributed by atoms with Gasteiger partial charge in [-0.05, 0) is 31.6 Å². The van der Waals surface area contributed by atoms with E-state index in [0.717, 1.165) is 6.42 Å². The molecule has 0 aromatic heterocycles. The minimum Gasteiger partial charge on any atom is -0.300 e. The topological polar surface area (TPSA) is 17.1 Å². The Morgan fingerprint density at radius 3 is 2.54 bits per heavy atom. The number of allylic oxidation sites excluding steroid dienone is 2. The molecule has 0 saturated carbocycles. The molecular formula is C12H20O. The van der Waals surface area contributed by atoms with Crippen molar-refractivity contribution in [2.75, 3.05) is 0 Å². The van der Waals surface area contributed by atoms with E-state index in [0.29, 0.717) is 11.7 Å². The second kappa shape index (κ2) is 3.28. The Balaban J connectivity index is 2.99. The smallest absolute Gasteiger partial charge is 0.133 e. The maximum absolute atomic E-state index is 11.4. The summed E-state index contributed by atoms with van der Waals surface area (Å²) in [5.41, 5.74) is 1.56. The maximum Gasteiger partial charge on any atom is 0.133 e. The first-order valence-electron chi connectivity index (χ1n) is 5.04. The van der Waals surface area contributed by atoms with Crippen LogP contribution >= 0.6 is 0 Å². The molecule has 0 radical (unpaired) electrons. The van der Waals surface area contributed by atoms with E-state index in [-0.39, 0.29) is 11.3 Å². The third kappa shape index (κ3) is 1.70. The molecule has 2 atom stereocenters. The van der Waals surface area contributed by atoms with Crippen molar-refractivity contribution in [1.82, 2.24) is 0 Å². The van der Waals surface area contributed by atoms with Crippen molar-refractivity contribution >= 4 is 5.78 Å². The number of carbonyl (C=O) groups excluding carboxylic acids is 1. The third-order valence-electron chi connectivity index (χ3n) is 3.86. The van der Waals surface area contributed by atoms with Crippen molar-refractivity contribution in [2.45, 2.75) is 41.0 Å². The van der Waals surface area contributed by atoms with Gasteiger partial charge in [0.2, 0.25) is 0 Å². The lowest BCUT2D eigenvalue weighted by Gasteiger charge is -2.42. The van der Waals surface area contributed by atoms with Gasteiger partial charge in [-0.25, -0.2) is 0 Å². The quantitative estimate of drug-likeness (QED) is 0.566. The Bertz CT molecular complexity index is 248.